The zero-order valence-electron chi connectivity index (χ0n) is 8.91. The van der Waals surface area contributed by atoms with E-state index in [1.165, 1.54) is 0 Å². The van der Waals surface area contributed by atoms with Crippen LogP contribution < -0.4 is 10.0 Å². The van der Waals surface area contributed by atoms with E-state index in [1.807, 2.05) is 0 Å². The second kappa shape index (κ2) is 5.09. The molecule has 4 nitrogen and oxygen atoms in total. The Bertz CT molecular complexity index is 256. The lowest BCUT2D eigenvalue weighted by molar-refractivity contribution is 0.375. The summed E-state index contributed by atoms with van der Waals surface area (Å²) in [5, 5.41) is 2.93. The fourth-order valence-corrected chi connectivity index (χ4v) is 2.30. The van der Waals surface area contributed by atoms with E-state index in [9.17, 15) is 8.42 Å². The van der Waals surface area contributed by atoms with Crippen LogP contribution in [0, 0.1) is 5.92 Å². The third-order valence-electron chi connectivity index (χ3n) is 2.59. The van der Waals surface area contributed by atoms with Gasteiger partial charge in [-0.05, 0) is 45.7 Å². The highest BCUT2D eigenvalue weighted by Gasteiger charge is 2.19. The minimum absolute atomic E-state index is 0.334. The largest absolute Gasteiger partial charge is 0.316 e. The number of hydrogen-bond acceptors (Lipinski definition) is 3. The molecule has 0 aromatic carbocycles. The number of piperidine rings is 1. The maximum Gasteiger partial charge on any atom is 0.213 e. The van der Waals surface area contributed by atoms with Crippen LogP contribution in [0.5, 0.6) is 0 Å². The summed E-state index contributed by atoms with van der Waals surface area (Å²) in [6, 6.07) is 0. The van der Waals surface area contributed by atoms with E-state index in [4.69, 9.17) is 0 Å². The van der Waals surface area contributed by atoms with Crippen LogP contribution in [0.4, 0.5) is 0 Å². The quantitative estimate of drug-likeness (QED) is 0.717. The van der Waals surface area contributed by atoms with Crippen molar-refractivity contribution in [2.45, 2.75) is 31.9 Å². The molecular formula is C9H20N2O2S. The van der Waals surface area contributed by atoms with Crippen molar-refractivity contribution in [3.8, 4) is 0 Å². The summed E-state index contributed by atoms with van der Waals surface area (Å²) < 4.78 is 25.5. The minimum atomic E-state index is -3.08. The summed E-state index contributed by atoms with van der Waals surface area (Å²) in [6.45, 7) is 5.96. The fourth-order valence-electron chi connectivity index (χ4n) is 1.50. The molecule has 1 aliphatic rings. The fraction of sp³-hybridized carbons (Fsp3) is 1.00. The van der Waals surface area contributed by atoms with Gasteiger partial charge in [-0.2, -0.15) is 0 Å². The molecule has 0 aromatic rings. The second-order valence-electron chi connectivity index (χ2n) is 4.15. The molecule has 0 bridgehead atoms. The van der Waals surface area contributed by atoms with Crippen molar-refractivity contribution >= 4 is 10.0 Å². The molecule has 1 aliphatic heterocycles. The number of rotatable bonds is 4. The average molecular weight is 220 g/mol. The van der Waals surface area contributed by atoms with E-state index in [2.05, 4.69) is 10.0 Å². The van der Waals surface area contributed by atoms with Crippen molar-refractivity contribution in [1.29, 1.82) is 0 Å². The summed E-state index contributed by atoms with van der Waals surface area (Å²) in [6.07, 6.45) is 2.27. The van der Waals surface area contributed by atoms with Crippen LogP contribution in [0.15, 0.2) is 0 Å². The number of nitrogens with one attached hydrogen (secondary N) is 2. The molecule has 2 N–H and O–H groups in total. The zero-order chi connectivity index (χ0) is 10.6. The molecular weight excluding hydrogens is 200 g/mol. The molecule has 14 heavy (non-hydrogen) atoms. The third kappa shape index (κ3) is 3.55. The maximum absolute atomic E-state index is 11.4. The highest BCUT2D eigenvalue weighted by atomic mass is 32.2. The number of sulfonamides is 1. The molecule has 1 rings (SSSR count). The average Bonchev–Trinajstić information content (AvgIpc) is 2.16. The van der Waals surface area contributed by atoms with Crippen LogP contribution in [0.25, 0.3) is 0 Å². The highest BCUT2D eigenvalue weighted by Crippen LogP contribution is 2.09. The maximum atomic E-state index is 11.4. The molecule has 0 amide bonds. The van der Waals surface area contributed by atoms with Gasteiger partial charge in [0.05, 0.1) is 5.25 Å². The smallest absolute Gasteiger partial charge is 0.213 e. The van der Waals surface area contributed by atoms with Gasteiger partial charge < -0.3 is 5.32 Å². The first-order valence-electron chi connectivity index (χ1n) is 5.21. The Morgan fingerprint density at radius 1 is 1.50 bits per heavy atom. The summed E-state index contributed by atoms with van der Waals surface area (Å²) >= 11 is 0. The van der Waals surface area contributed by atoms with Crippen molar-refractivity contribution in [3.63, 3.8) is 0 Å². The predicted molar refractivity (Wildman–Crippen MR) is 57.7 cm³/mol. The van der Waals surface area contributed by atoms with E-state index in [1.54, 1.807) is 13.8 Å². The Labute approximate surface area is 86.5 Å². The standard InChI is InChI=1S/C9H20N2O2S/c1-8(2)14(12,13)11-7-9-4-3-5-10-6-9/h8-11H,3-7H2,1-2H3/t9-/m1/s1. The lowest BCUT2D eigenvalue weighted by atomic mass is 10.0. The van der Waals surface area contributed by atoms with Crippen LogP contribution in [-0.2, 0) is 10.0 Å². The molecule has 0 unspecified atom stereocenters. The summed E-state index contributed by atoms with van der Waals surface area (Å²) in [7, 11) is -3.08. The first-order valence-corrected chi connectivity index (χ1v) is 6.76. The Hall–Kier alpha value is -0.130. The topological polar surface area (TPSA) is 58.2 Å². The molecule has 0 aliphatic carbocycles. The summed E-state index contributed by atoms with van der Waals surface area (Å²) in [5.41, 5.74) is 0. The SMILES string of the molecule is CC(C)S(=O)(=O)NC[C@@H]1CCCNC1. The molecule has 84 valence electrons. The van der Waals surface area contributed by atoms with Crippen LogP contribution in [0.2, 0.25) is 0 Å². The van der Waals surface area contributed by atoms with Gasteiger partial charge in [0, 0.05) is 6.54 Å². The van der Waals surface area contributed by atoms with Gasteiger partial charge >= 0.3 is 0 Å². The van der Waals surface area contributed by atoms with Gasteiger partial charge in [0.15, 0.2) is 0 Å². The lowest BCUT2D eigenvalue weighted by Gasteiger charge is -2.23. The first-order chi connectivity index (χ1) is 6.52. The minimum Gasteiger partial charge on any atom is -0.316 e. The normalized spacial score (nSPS) is 24.1. The van der Waals surface area contributed by atoms with Gasteiger partial charge in [-0.1, -0.05) is 0 Å². The lowest BCUT2D eigenvalue weighted by Crippen LogP contribution is -2.40. The molecule has 1 atom stereocenters. The Morgan fingerprint density at radius 3 is 2.71 bits per heavy atom. The summed E-state index contributed by atoms with van der Waals surface area (Å²) in [4.78, 5) is 0. The molecule has 5 heteroatoms. The van der Waals surface area contributed by atoms with Crippen molar-refractivity contribution in [3.05, 3.63) is 0 Å². The van der Waals surface area contributed by atoms with Gasteiger partial charge in [0.1, 0.15) is 0 Å². The zero-order valence-corrected chi connectivity index (χ0v) is 9.73. The Balaban J connectivity index is 2.32. The number of hydrogen-bond donors (Lipinski definition) is 2. The van der Waals surface area contributed by atoms with E-state index >= 15 is 0 Å². The van der Waals surface area contributed by atoms with Crippen LogP contribution in [0.1, 0.15) is 26.7 Å². The van der Waals surface area contributed by atoms with Gasteiger partial charge in [-0.3, -0.25) is 0 Å². The predicted octanol–water partition coefficient (Wildman–Crippen LogP) is 0.314. The van der Waals surface area contributed by atoms with Crippen LogP contribution in [0.3, 0.4) is 0 Å². The Morgan fingerprint density at radius 2 is 2.21 bits per heavy atom. The molecule has 0 radical (unpaired) electrons. The van der Waals surface area contributed by atoms with Gasteiger partial charge in [-0.25, -0.2) is 13.1 Å². The monoisotopic (exact) mass is 220 g/mol. The molecule has 1 fully saturated rings. The summed E-state index contributed by atoms with van der Waals surface area (Å²) in [5.74, 6) is 0.456. The molecule has 0 spiro atoms. The third-order valence-corrected chi connectivity index (χ3v) is 4.40. The van der Waals surface area contributed by atoms with E-state index < -0.39 is 10.0 Å². The van der Waals surface area contributed by atoms with Crippen molar-refractivity contribution in [1.82, 2.24) is 10.0 Å². The van der Waals surface area contributed by atoms with E-state index in [0.29, 0.717) is 12.5 Å². The Kier molecular flexibility index (Phi) is 4.34. The molecule has 0 saturated carbocycles. The van der Waals surface area contributed by atoms with Crippen molar-refractivity contribution in [2.75, 3.05) is 19.6 Å². The van der Waals surface area contributed by atoms with Crippen molar-refractivity contribution < 1.29 is 8.42 Å². The van der Waals surface area contributed by atoms with Gasteiger partial charge in [0.2, 0.25) is 10.0 Å². The van der Waals surface area contributed by atoms with Crippen LogP contribution in [-0.4, -0.2) is 33.3 Å². The van der Waals surface area contributed by atoms with E-state index in [0.717, 1.165) is 25.9 Å². The van der Waals surface area contributed by atoms with Crippen LogP contribution >= 0.6 is 0 Å². The highest BCUT2D eigenvalue weighted by molar-refractivity contribution is 7.90. The van der Waals surface area contributed by atoms with Crippen molar-refractivity contribution in [2.24, 2.45) is 5.92 Å². The molecule has 1 heterocycles. The first kappa shape index (κ1) is 11.9. The van der Waals surface area contributed by atoms with Gasteiger partial charge in [0.25, 0.3) is 0 Å². The van der Waals surface area contributed by atoms with Gasteiger partial charge in [-0.15, -0.1) is 0 Å². The molecule has 0 aromatic heterocycles. The van der Waals surface area contributed by atoms with E-state index in [-0.39, 0.29) is 5.25 Å². The molecule has 1 saturated heterocycles. The second-order valence-corrected chi connectivity index (χ2v) is 6.48.